The predicted octanol–water partition coefficient (Wildman–Crippen LogP) is 2.84. The van der Waals surface area contributed by atoms with Crippen LogP contribution in [0.25, 0.3) is 11.5 Å². The van der Waals surface area contributed by atoms with Gasteiger partial charge < -0.3 is 9.84 Å². The SMILES string of the molecule is CCc1noc(-c2ccc(SCC(=O)NC3CCCC3)nc2)n1. The van der Waals surface area contributed by atoms with E-state index in [2.05, 4.69) is 20.4 Å². The van der Waals surface area contributed by atoms with Gasteiger partial charge in [-0.05, 0) is 25.0 Å². The molecule has 0 aliphatic heterocycles. The van der Waals surface area contributed by atoms with Crippen molar-refractivity contribution in [1.29, 1.82) is 0 Å². The van der Waals surface area contributed by atoms with Crippen molar-refractivity contribution in [3.05, 3.63) is 24.2 Å². The smallest absolute Gasteiger partial charge is 0.259 e. The number of pyridine rings is 1. The summed E-state index contributed by atoms with van der Waals surface area (Å²) in [4.78, 5) is 20.5. The number of carbonyl (C=O) groups is 1. The summed E-state index contributed by atoms with van der Waals surface area (Å²) in [7, 11) is 0. The predicted molar refractivity (Wildman–Crippen MR) is 88.0 cm³/mol. The zero-order valence-electron chi connectivity index (χ0n) is 13.1. The van der Waals surface area contributed by atoms with Crippen molar-refractivity contribution in [1.82, 2.24) is 20.4 Å². The van der Waals surface area contributed by atoms with Gasteiger partial charge in [0.25, 0.3) is 5.89 Å². The van der Waals surface area contributed by atoms with Crippen LogP contribution < -0.4 is 5.32 Å². The fraction of sp³-hybridized carbons (Fsp3) is 0.500. The summed E-state index contributed by atoms with van der Waals surface area (Å²) in [6.07, 6.45) is 7.08. The van der Waals surface area contributed by atoms with Crippen LogP contribution in [-0.4, -0.2) is 32.8 Å². The second-order valence-corrected chi connectivity index (χ2v) is 6.59. The van der Waals surface area contributed by atoms with Gasteiger partial charge >= 0.3 is 0 Å². The van der Waals surface area contributed by atoms with Gasteiger partial charge in [-0.25, -0.2) is 4.98 Å². The number of aryl methyl sites for hydroxylation is 1. The highest BCUT2D eigenvalue weighted by molar-refractivity contribution is 7.99. The lowest BCUT2D eigenvalue weighted by Gasteiger charge is -2.11. The minimum absolute atomic E-state index is 0.0808. The van der Waals surface area contributed by atoms with Crippen molar-refractivity contribution < 1.29 is 9.32 Å². The first-order chi connectivity index (χ1) is 11.2. The van der Waals surface area contributed by atoms with Gasteiger partial charge in [-0.15, -0.1) is 0 Å². The van der Waals surface area contributed by atoms with E-state index >= 15 is 0 Å². The Kier molecular flexibility index (Phi) is 5.27. The Morgan fingerprint density at radius 3 is 2.87 bits per heavy atom. The summed E-state index contributed by atoms with van der Waals surface area (Å²) in [5.74, 6) is 1.63. The third-order valence-corrected chi connectivity index (χ3v) is 4.78. The van der Waals surface area contributed by atoms with E-state index in [9.17, 15) is 4.79 Å². The Bertz CT molecular complexity index is 650. The molecule has 0 saturated heterocycles. The van der Waals surface area contributed by atoms with E-state index in [0.717, 1.165) is 29.9 Å². The number of nitrogens with zero attached hydrogens (tertiary/aromatic N) is 3. The number of hydrogen-bond acceptors (Lipinski definition) is 6. The quantitative estimate of drug-likeness (QED) is 0.819. The molecule has 0 aromatic carbocycles. The van der Waals surface area contributed by atoms with Crippen molar-refractivity contribution in [2.45, 2.75) is 50.1 Å². The van der Waals surface area contributed by atoms with Crippen molar-refractivity contribution >= 4 is 17.7 Å². The van der Waals surface area contributed by atoms with Crippen molar-refractivity contribution in [3.63, 3.8) is 0 Å². The molecule has 6 nitrogen and oxygen atoms in total. The molecule has 1 amide bonds. The van der Waals surface area contributed by atoms with Gasteiger partial charge in [0.1, 0.15) is 0 Å². The van der Waals surface area contributed by atoms with Crippen LogP contribution in [0.4, 0.5) is 0 Å². The Labute approximate surface area is 139 Å². The van der Waals surface area contributed by atoms with Crippen LogP contribution in [0.2, 0.25) is 0 Å². The van der Waals surface area contributed by atoms with Crippen LogP contribution in [0.5, 0.6) is 0 Å². The molecule has 2 heterocycles. The molecule has 1 aliphatic carbocycles. The maximum absolute atomic E-state index is 11.9. The molecule has 1 saturated carbocycles. The van der Waals surface area contributed by atoms with E-state index in [1.54, 1.807) is 6.20 Å². The van der Waals surface area contributed by atoms with Crippen molar-refractivity contribution in [2.75, 3.05) is 5.75 Å². The molecule has 2 aromatic heterocycles. The lowest BCUT2D eigenvalue weighted by Crippen LogP contribution is -2.33. The molecule has 23 heavy (non-hydrogen) atoms. The van der Waals surface area contributed by atoms with Crippen LogP contribution in [0.3, 0.4) is 0 Å². The van der Waals surface area contributed by atoms with E-state index in [1.165, 1.54) is 24.6 Å². The maximum atomic E-state index is 11.9. The van der Waals surface area contributed by atoms with Crippen molar-refractivity contribution in [2.24, 2.45) is 0 Å². The number of amides is 1. The molecule has 2 aromatic rings. The van der Waals surface area contributed by atoms with Gasteiger partial charge in [0.05, 0.1) is 16.3 Å². The van der Waals surface area contributed by atoms with Crippen LogP contribution in [0.15, 0.2) is 27.9 Å². The second-order valence-electron chi connectivity index (χ2n) is 5.59. The zero-order chi connectivity index (χ0) is 16.1. The second kappa shape index (κ2) is 7.59. The molecule has 0 bridgehead atoms. The first-order valence-corrected chi connectivity index (χ1v) is 8.94. The van der Waals surface area contributed by atoms with Gasteiger partial charge in [-0.3, -0.25) is 4.79 Å². The molecule has 122 valence electrons. The third kappa shape index (κ3) is 4.31. The largest absolute Gasteiger partial charge is 0.353 e. The normalized spacial score (nSPS) is 15.0. The molecule has 1 N–H and O–H groups in total. The number of nitrogens with one attached hydrogen (secondary N) is 1. The highest BCUT2D eigenvalue weighted by atomic mass is 32.2. The average molecular weight is 332 g/mol. The Balaban J connectivity index is 1.51. The van der Waals surface area contributed by atoms with Gasteiger partial charge in [0.15, 0.2) is 5.82 Å². The van der Waals surface area contributed by atoms with Crippen LogP contribution in [-0.2, 0) is 11.2 Å². The molecule has 1 aliphatic rings. The lowest BCUT2D eigenvalue weighted by atomic mass is 10.2. The van der Waals surface area contributed by atoms with Gasteiger partial charge in [0, 0.05) is 18.7 Å². The van der Waals surface area contributed by atoms with E-state index < -0.39 is 0 Å². The molecule has 3 rings (SSSR count). The fourth-order valence-electron chi connectivity index (χ4n) is 2.59. The summed E-state index contributed by atoms with van der Waals surface area (Å²) in [6.45, 7) is 1.98. The molecule has 0 spiro atoms. The number of thioether (sulfide) groups is 1. The Morgan fingerprint density at radius 1 is 1.39 bits per heavy atom. The summed E-state index contributed by atoms with van der Waals surface area (Å²) in [6, 6.07) is 4.12. The molecule has 7 heteroatoms. The highest BCUT2D eigenvalue weighted by Crippen LogP contribution is 2.21. The lowest BCUT2D eigenvalue weighted by molar-refractivity contribution is -0.119. The summed E-state index contributed by atoms with van der Waals surface area (Å²) in [5, 5.41) is 7.76. The highest BCUT2D eigenvalue weighted by Gasteiger charge is 2.17. The van der Waals surface area contributed by atoms with E-state index in [4.69, 9.17) is 4.52 Å². The van der Waals surface area contributed by atoms with Crippen LogP contribution in [0.1, 0.15) is 38.4 Å². The topological polar surface area (TPSA) is 80.9 Å². The van der Waals surface area contributed by atoms with E-state index in [0.29, 0.717) is 23.5 Å². The zero-order valence-corrected chi connectivity index (χ0v) is 13.9. The molecule has 1 fully saturated rings. The third-order valence-electron chi connectivity index (χ3n) is 3.84. The first-order valence-electron chi connectivity index (χ1n) is 7.95. The minimum atomic E-state index is 0.0808. The monoisotopic (exact) mass is 332 g/mol. The standard InChI is InChI=1S/C16H20N4O2S/c1-2-13-19-16(22-20-13)11-7-8-15(17-9-11)23-10-14(21)18-12-5-3-4-6-12/h7-9,12H,2-6,10H2,1H3,(H,18,21). The number of hydrogen-bond donors (Lipinski definition) is 1. The van der Waals surface area contributed by atoms with Crippen LogP contribution in [0, 0.1) is 0 Å². The molecular formula is C16H20N4O2S. The number of carbonyl (C=O) groups excluding carboxylic acids is 1. The summed E-state index contributed by atoms with van der Waals surface area (Å²) in [5.41, 5.74) is 0.789. The minimum Gasteiger partial charge on any atom is -0.353 e. The molecule has 0 unspecified atom stereocenters. The Hall–Kier alpha value is -1.89. The molecule has 0 atom stereocenters. The maximum Gasteiger partial charge on any atom is 0.259 e. The molecule has 0 radical (unpaired) electrons. The Morgan fingerprint density at radius 2 is 2.22 bits per heavy atom. The fourth-order valence-corrected chi connectivity index (χ4v) is 3.24. The number of aromatic nitrogens is 3. The van der Waals surface area contributed by atoms with Gasteiger partial charge in [-0.2, -0.15) is 4.98 Å². The number of rotatable bonds is 6. The summed E-state index contributed by atoms with van der Waals surface area (Å²) >= 11 is 1.44. The van der Waals surface area contributed by atoms with E-state index in [-0.39, 0.29) is 5.91 Å². The summed E-state index contributed by atoms with van der Waals surface area (Å²) < 4.78 is 5.18. The van der Waals surface area contributed by atoms with Crippen molar-refractivity contribution in [3.8, 4) is 11.5 Å². The first kappa shape index (κ1) is 16.0. The average Bonchev–Trinajstić information content (AvgIpc) is 3.25. The van der Waals surface area contributed by atoms with Gasteiger partial charge in [0.2, 0.25) is 5.91 Å². The van der Waals surface area contributed by atoms with Gasteiger partial charge in [-0.1, -0.05) is 36.7 Å². The van der Waals surface area contributed by atoms with E-state index in [1.807, 2.05) is 19.1 Å². The van der Waals surface area contributed by atoms with Crippen LogP contribution >= 0.6 is 11.8 Å². The molecular weight excluding hydrogens is 312 g/mol.